The van der Waals surface area contributed by atoms with Crippen molar-refractivity contribution >= 4 is 45.6 Å². The summed E-state index contributed by atoms with van der Waals surface area (Å²) in [7, 11) is 1.34. The maximum Gasteiger partial charge on any atom is 0.319 e. The van der Waals surface area contributed by atoms with E-state index in [2.05, 4.69) is 30.2 Å². The van der Waals surface area contributed by atoms with E-state index in [9.17, 15) is 19.8 Å². The molecule has 0 saturated carbocycles. The Bertz CT molecular complexity index is 1740. The lowest BCUT2D eigenvalue weighted by Crippen LogP contribution is -2.50. The van der Waals surface area contributed by atoms with Gasteiger partial charge in [0, 0.05) is 36.8 Å². The first kappa shape index (κ1) is 32.7. The fraction of sp³-hybridized carbons (Fsp3) is 0.548. The predicted molar refractivity (Wildman–Crippen MR) is 172 cm³/mol. The van der Waals surface area contributed by atoms with Crippen LogP contribution in [0.4, 0.5) is 11.5 Å². The molecule has 6 rings (SSSR count). The van der Waals surface area contributed by atoms with Crippen molar-refractivity contribution in [3.63, 3.8) is 0 Å². The van der Waals surface area contributed by atoms with Crippen molar-refractivity contribution in [1.82, 2.24) is 39.3 Å². The molecular weight excluding hydrogens is 608 g/mol. The van der Waals surface area contributed by atoms with Crippen LogP contribution < -0.4 is 11.1 Å². The number of esters is 1. The second-order valence-electron chi connectivity index (χ2n) is 13.3. The molecule has 0 spiro atoms. The summed E-state index contributed by atoms with van der Waals surface area (Å²) in [6.07, 6.45) is 0.0577. The minimum Gasteiger partial charge on any atom is -0.468 e. The topological polar surface area (TPSA) is 210 Å². The largest absolute Gasteiger partial charge is 0.468 e. The van der Waals surface area contributed by atoms with Gasteiger partial charge in [-0.1, -0.05) is 20.8 Å². The van der Waals surface area contributed by atoms with Crippen molar-refractivity contribution in [1.29, 1.82) is 0 Å². The zero-order valence-electron chi connectivity index (χ0n) is 27.0. The Morgan fingerprint density at radius 1 is 1.17 bits per heavy atom. The second kappa shape index (κ2) is 13.1. The van der Waals surface area contributed by atoms with E-state index in [-0.39, 0.29) is 30.9 Å². The minimum atomic E-state index is -1.26. The molecule has 4 aromatic rings. The van der Waals surface area contributed by atoms with Gasteiger partial charge in [-0.25, -0.2) is 19.9 Å². The van der Waals surface area contributed by atoms with Gasteiger partial charge in [0.2, 0.25) is 5.91 Å². The number of nitrogens with zero attached hydrogens (tertiary/aromatic N) is 7. The fourth-order valence-corrected chi connectivity index (χ4v) is 6.16. The molecule has 2 saturated heterocycles. The highest BCUT2D eigenvalue weighted by atomic mass is 16.6. The fourth-order valence-electron chi connectivity index (χ4n) is 6.16. The molecule has 252 valence electrons. The van der Waals surface area contributed by atoms with E-state index >= 15 is 0 Å². The predicted octanol–water partition coefficient (Wildman–Crippen LogP) is 1.03. The van der Waals surface area contributed by atoms with Crippen molar-refractivity contribution in [3.05, 3.63) is 36.7 Å². The lowest BCUT2D eigenvalue weighted by atomic mass is 9.95. The molecule has 1 aromatic carbocycles. The van der Waals surface area contributed by atoms with Crippen molar-refractivity contribution in [2.24, 2.45) is 5.41 Å². The number of aliphatic hydroxyl groups excluding tert-OH is 2. The number of nitrogen functional groups attached to an aromatic ring is 1. The Labute approximate surface area is 271 Å². The van der Waals surface area contributed by atoms with Crippen molar-refractivity contribution in [2.45, 2.75) is 70.7 Å². The van der Waals surface area contributed by atoms with Crippen LogP contribution in [0.1, 0.15) is 45.7 Å². The molecule has 3 aromatic heterocycles. The molecular formula is C31H42N10O6. The highest BCUT2D eigenvalue weighted by Crippen LogP contribution is 2.33. The van der Waals surface area contributed by atoms with Gasteiger partial charge in [-0.2, -0.15) is 0 Å². The summed E-state index contributed by atoms with van der Waals surface area (Å²) in [4.78, 5) is 49.7. The zero-order valence-corrected chi connectivity index (χ0v) is 27.0. The summed E-state index contributed by atoms with van der Waals surface area (Å²) in [5, 5.41) is 24.9. The molecule has 16 nitrogen and oxygen atoms in total. The number of aromatic amines is 1. The van der Waals surface area contributed by atoms with E-state index < -0.39 is 35.9 Å². The van der Waals surface area contributed by atoms with Crippen LogP contribution in [0, 0.1) is 5.41 Å². The molecule has 0 unspecified atom stereocenters. The number of fused-ring (bicyclic) bond motifs is 2. The van der Waals surface area contributed by atoms with Gasteiger partial charge in [0.1, 0.15) is 36.0 Å². The number of aliphatic hydroxyl groups is 2. The highest BCUT2D eigenvalue weighted by Gasteiger charge is 2.45. The second-order valence-corrected chi connectivity index (χ2v) is 13.3. The van der Waals surface area contributed by atoms with Gasteiger partial charge in [-0.05, 0) is 31.0 Å². The maximum absolute atomic E-state index is 12.4. The third-order valence-electron chi connectivity index (χ3n) is 8.89. The molecule has 6 N–H and O–H groups in total. The summed E-state index contributed by atoms with van der Waals surface area (Å²) in [6.45, 7) is 7.97. The van der Waals surface area contributed by atoms with Gasteiger partial charge >= 0.3 is 5.97 Å². The number of rotatable bonds is 9. The molecule has 4 atom stereocenters. The number of hydrogen-bond acceptors (Lipinski definition) is 13. The van der Waals surface area contributed by atoms with Gasteiger partial charge in [-0.3, -0.25) is 24.0 Å². The number of ether oxygens (including phenoxy) is 2. The number of nitrogens with one attached hydrogen (secondary N) is 2. The van der Waals surface area contributed by atoms with Crippen LogP contribution in [-0.4, -0.2) is 119 Å². The summed E-state index contributed by atoms with van der Waals surface area (Å²) in [5.74, 6) is 0.569. The molecule has 47 heavy (non-hydrogen) atoms. The Hall–Kier alpha value is -4.22. The zero-order chi connectivity index (χ0) is 33.5. The first-order chi connectivity index (χ1) is 22.4. The van der Waals surface area contributed by atoms with Gasteiger partial charge < -0.3 is 35.7 Å². The first-order valence-corrected chi connectivity index (χ1v) is 15.7. The summed E-state index contributed by atoms with van der Waals surface area (Å²) < 4.78 is 12.7. The van der Waals surface area contributed by atoms with Crippen molar-refractivity contribution in [3.8, 4) is 0 Å². The number of amides is 1. The Balaban J connectivity index is 1.09. The van der Waals surface area contributed by atoms with Crippen LogP contribution in [0.2, 0.25) is 0 Å². The SMILES string of the molecule is COC(=O)CN(C[C@H]1O[C@@H](n2cnc3c(N)ncnc32)[C@H](O)[C@@H]1O)C1CCN(Cc2nc3ccc(NC(=O)C(C)(C)C)cc3[nH]2)CC1. The van der Waals surface area contributed by atoms with Crippen molar-refractivity contribution in [2.75, 3.05) is 44.3 Å². The average Bonchev–Trinajstić information content (AvgIpc) is 3.72. The number of methoxy groups -OCH3 is 1. The number of H-pyrrole nitrogens is 1. The van der Waals surface area contributed by atoms with Gasteiger partial charge in [-0.15, -0.1) is 0 Å². The monoisotopic (exact) mass is 650 g/mol. The number of carbonyl (C=O) groups excluding carboxylic acids is 2. The number of aromatic nitrogens is 6. The molecule has 2 aliphatic rings. The quantitative estimate of drug-likeness (QED) is 0.161. The number of hydrogen-bond donors (Lipinski definition) is 5. The summed E-state index contributed by atoms with van der Waals surface area (Å²) in [5.41, 5.74) is 8.55. The highest BCUT2D eigenvalue weighted by molar-refractivity contribution is 5.96. The summed E-state index contributed by atoms with van der Waals surface area (Å²) >= 11 is 0. The number of carbonyl (C=O) groups is 2. The van der Waals surface area contributed by atoms with E-state index in [1.807, 2.05) is 43.9 Å². The van der Waals surface area contributed by atoms with Gasteiger partial charge in [0.25, 0.3) is 0 Å². The smallest absolute Gasteiger partial charge is 0.319 e. The minimum absolute atomic E-state index is 0.0172. The van der Waals surface area contributed by atoms with Crippen LogP contribution >= 0.6 is 0 Å². The molecule has 2 aliphatic heterocycles. The van der Waals surface area contributed by atoms with E-state index in [0.29, 0.717) is 23.4 Å². The number of benzene rings is 1. The van der Waals surface area contributed by atoms with Gasteiger partial charge in [0.15, 0.2) is 17.7 Å². The molecule has 1 amide bonds. The van der Waals surface area contributed by atoms with Gasteiger partial charge in [0.05, 0.1) is 37.6 Å². The number of nitrogens with two attached hydrogens (primary N) is 1. The lowest BCUT2D eigenvalue weighted by molar-refractivity contribution is -0.144. The van der Waals surface area contributed by atoms with E-state index in [0.717, 1.165) is 42.8 Å². The normalized spacial score (nSPS) is 22.8. The van der Waals surface area contributed by atoms with Crippen LogP contribution in [0.5, 0.6) is 0 Å². The third kappa shape index (κ3) is 6.92. The Morgan fingerprint density at radius 3 is 2.66 bits per heavy atom. The van der Waals surface area contributed by atoms with E-state index in [4.69, 9.17) is 20.2 Å². The van der Waals surface area contributed by atoms with Crippen LogP contribution in [0.3, 0.4) is 0 Å². The Morgan fingerprint density at radius 2 is 1.94 bits per heavy atom. The molecule has 0 bridgehead atoms. The maximum atomic E-state index is 12.4. The first-order valence-electron chi connectivity index (χ1n) is 15.7. The van der Waals surface area contributed by atoms with Crippen LogP contribution in [0.25, 0.3) is 22.2 Å². The molecule has 16 heteroatoms. The number of piperidine rings is 1. The third-order valence-corrected chi connectivity index (χ3v) is 8.89. The molecule has 5 heterocycles. The van der Waals surface area contributed by atoms with Crippen LogP contribution in [-0.2, 0) is 25.6 Å². The number of anilines is 2. The Kier molecular flexibility index (Phi) is 9.13. The number of imidazole rings is 2. The van der Waals surface area contributed by atoms with Crippen LogP contribution in [0.15, 0.2) is 30.9 Å². The van der Waals surface area contributed by atoms with E-state index in [1.54, 1.807) is 0 Å². The van der Waals surface area contributed by atoms with Crippen molar-refractivity contribution < 1.29 is 29.3 Å². The average molecular weight is 651 g/mol. The lowest BCUT2D eigenvalue weighted by Gasteiger charge is -2.39. The molecule has 2 fully saturated rings. The molecule has 0 radical (unpaired) electrons. The van der Waals surface area contributed by atoms with E-state index in [1.165, 1.54) is 24.3 Å². The summed E-state index contributed by atoms with van der Waals surface area (Å²) in [6, 6.07) is 5.66. The molecule has 0 aliphatic carbocycles. The standard InChI is InChI=1S/C31H42N10O6/c1-31(2,3)30(45)36-17-5-6-19-20(11-17)38-22(37-19)13-39-9-7-18(8-10-39)40(14-23(42)46-4)12-21-25(43)26(44)29(47-21)41-16-35-24-27(32)33-15-34-28(24)41/h5-6,11,15-16,18,21,25-26,29,43-44H,7-10,12-14H2,1-4H3,(H,36,45)(H,37,38)(H2,32,33,34)/t21-,25-,26-,29-/m1/s1. The number of likely N-dealkylation sites (tertiary alicyclic amines) is 1.